The molecule has 1 saturated heterocycles. The molecule has 2 aromatic rings. The molecular weight excluding hydrogens is 466 g/mol. The summed E-state index contributed by atoms with van der Waals surface area (Å²) >= 11 is 3.35. The highest BCUT2D eigenvalue weighted by Crippen LogP contribution is 2.21. The first kappa shape index (κ1) is 22.5. The van der Waals surface area contributed by atoms with Crippen molar-refractivity contribution in [3.8, 4) is 0 Å². The van der Waals surface area contributed by atoms with Crippen LogP contribution >= 0.6 is 15.9 Å². The molecule has 1 aliphatic rings. The maximum atomic E-state index is 12.4. The molecule has 3 amide bonds. The number of hydrogen-bond acceptors (Lipinski definition) is 5. The lowest BCUT2D eigenvalue weighted by molar-refractivity contribution is -0.151. The summed E-state index contributed by atoms with van der Waals surface area (Å²) in [6.45, 7) is 3.16. The van der Waals surface area contributed by atoms with Gasteiger partial charge >= 0.3 is 5.97 Å². The molecule has 1 atom stereocenters. The molecule has 0 aromatic heterocycles. The SMILES string of the molecule is Cc1cc(Br)ccc1NC(=O)COC(=O)[C@H]1CC(=O)N(NC(=O)c2ccccc2C)C1. The van der Waals surface area contributed by atoms with Gasteiger partial charge in [0, 0.05) is 22.1 Å². The number of amides is 3. The molecule has 8 nitrogen and oxygen atoms in total. The number of hydrogen-bond donors (Lipinski definition) is 2. The van der Waals surface area contributed by atoms with Gasteiger partial charge in [0.15, 0.2) is 6.61 Å². The number of esters is 1. The molecule has 0 saturated carbocycles. The Morgan fingerprint density at radius 3 is 2.58 bits per heavy atom. The topological polar surface area (TPSA) is 105 Å². The first-order valence-corrected chi connectivity index (χ1v) is 10.4. The Hall–Kier alpha value is -3.20. The minimum atomic E-state index is -0.758. The van der Waals surface area contributed by atoms with E-state index in [1.54, 1.807) is 37.3 Å². The van der Waals surface area contributed by atoms with Crippen molar-refractivity contribution in [1.29, 1.82) is 0 Å². The maximum Gasteiger partial charge on any atom is 0.311 e. The second-order valence-electron chi connectivity index (χ2n) is 7.28. The molecule has 2 aromatic carbocycles. The maximum absolute atomic E-state index is 12.4. The van der Waals surface area contributed by atoms with E-state index in [1.165, 1.54) is 0 Å². The Kier molecular flexibility index (Phi) is 7.06. The molecular formula is C22H22BrN3O5. The molecule has 9 heteroatoms. The van der Waals surface area contributed by atoms with Gasteiger partial charge in [-0.3, -0.25) is 29.6 Å². The fourth-order valence-corrected chi connectivity index (χ4v) is 3.67. The van der Waals surface area contributed by atoms with Gasteiger partial charge in [0.1, 0.15) is 0 Å². The van der Waals surface area contributed by atoms with E-state index in [-0.39, 0.29) is 18.9 Å². The van der Waals surface area contributed by atoms with Crippen molar-refractivity contribution in [2.24, 2.45) is 5.92 Å². The van der Waals surface area contributed by atoms with Crippen LogP contribution in [0.2, 0.25) is 0 Å². The monoisotopic (exact) mass is 487 g/mol. The van der Waals surface area contributed by atoms with Crippen molar-refractivity contribution < 1.29 is 23.9 Å². The molecule has 2 N–H and O–H groups in total. The number of aryl methyl sites for hydroxylation is 2. The van der Waals surface area contributed by atoms with Crippen LogP contribution in [0.4, 0.5) is 5.69 Å². The van der Waals surface area contributed by atoms with E-state index in [9.17, 15) is 19.2 Å². The zero-order valence-electron chi connectivity index (χ0n) is 17.1. The molecule has 0 radical (unpaired) electrons. The van der Waals surface area contributed by atoms with Gasteiger partial charge in [0.25, 0.3) is 11.8 Å². The fraction of sp³-hybridized carbons (Fsp3) is 0.273. The number of nitrogens with one attached hydrogen (secondary N) is 2. The van der Waals surface area contributed by atoms with E-state index in [1.807, 2.05) is 19.1 Å². The van der Waals surface area contributed by atoms with E-state index in [4.69, 9.17) is 4.74 Å². The highest BCUT2D eigenvalue weighted by Gasteiger charge is 2.36. The third-order valence-electron chi connectivity index (χ3n) is 4.89. The number of anilines is 1. The molecule has 1 fully saturated rings. The third kappa shape index (κ3) is 5.69. The predicted octanol–water partition coefficient (Wildman–Crippen LogP) is 2.74. The zero-order chi connectivity index (χ0) is 22.5. The van der Waals surface area contributed by atoms with E-state index < -0.39 is 30.3 Å². The van der Waals surface area contributed by atoms with Gasteiger partial charge in [-0.1, -0.05) is 34.1 Å². The van der Waals surface area contributed by atoms with Gasteiger partial charge < -0.3 is 10.1 Å². The summed E-state index contributed by atoms with van der Waals surface area (Å²) in [4.78, 5) is 49.0. The van der Waals surface area contributed by atoms with Crippen LogP contribution in [-0.4, -0.2) is 41.9 Å². The Morgan fingerprint density at radius 1 is 1.13 bits per heavy atom. The van der Waals surface area contributed by atoms with Crippen LogP contribution < -0.4 is 10.7 Å². The van der Waals surface area contributed by atoms with Gasteiger partial charge in [-0.15, -0.1) is 0 Å². The first-order valence-electron chi connectivity index (χ1n) is 9.64. The van der Waals surface area contributed by atoms with Crippen molar-refractivity contribution in [1.82, 2.24) is 10.4 Å². The molecule has 31 heavy (non-hydrogen) atoms. The fourth-order valence-electron chi connectivity index (χ4n) is 3.19. The largest absolute Gasteiger partial charge is 0.455 e. The second kappa shape index (κ2) is 9.74. The summed E-state index contributed by atoms with van der Waals surface area (Å²) < 4.78 is 5.97. The van der Waals surface area contributed by atoms with Gasteiger partial charge in [-0.05, 0) is 49.2 Å². The minimum Gasteiger partial charge on any atom is -0.455 e. The lowest BCUT2D eigenvalue weighted by Gasteiger charge is -2.18. The Bertz CT molecular complexity index is 1040. The van der Waals surface area contributed by atoms with Gasteiger partial charge in [-0.25, -0.2) is 0 Å². The molecule has 3 rings (SSSR count). The Morgan fingerprint density at radius 2 is 1.87 bits per heavy atom. The molecule has 0 spiro atoms. The quantitative estimate of drug-likeness (QED) is 0.609. The van der Waals surface area contributed by atoms with E-state index >= 15 is 0 Å². The van der Waals surface area contributed by atoms with Crippen LogP contribution in [-0.2, 0) is 19.1 Å². The summed E-state index contributed by atoms with van der Waals surface area (Å²) in [6.07, 6.45) is -0.0969. The molecule has 1 aliphatic heterocycles. The second-order valence-corrected chi connectivity index (χ2v) is 8.19. The highest BCUT2D eigenvalue weighted by atomic mass is 79.9. The first-order chi connectivity index (χ1) is 14.7. The van der Waals surface area contributed by atoms with Gasteiger partial charge in [0.2, 0.25) is 5.91 Å². The predicted molar refractivity (Wildman–Crippen MR) is 117 cm³/mol. The summed E-state index contributed by atoms with van der Waals surface area (Å²) in [7, 11) is 0. The lowest BCUT2D eigenvalue weighted by Crippen LogP contribution is -2.43. The molecule has 0 aliphatic carbocycles. The number of benzene rings is 2. The third-order valence-corrected chi connectivity index (χ3v) is 5.39. The number of halogens is 1. The highest BCUT2D eigenvalue weighted by molar-refractivity contribution is 9.10. The molecule has 0 unspecified atom stereocenters. The van der Waals surface area contributed by atoms with Crippen molar-refractivity contribution in [2.75, 3.05) is 18.5 Å². The zero-order valence-corrected chi connectivity index (χ0v) is 18.7. The Labute approximate surface area is 188 Å². The summed E-state index contributed by atoms with van der Waals surface area (Å²) in [5.41, 5.74) is 5.22. The average molecular weight is 488 g/mol. The standard InChI is InChI=1S/C22H22BrN3O5/c1-13-5-3-4-6-17(13)21(29)25-26-11-15(10-20(26)28)22(30)31-12-19(27)24-18-8-7-16(23)9-14(18)2/h3-9,15H,10-12H2,1-2H3,(H,24,27)(H,25,29)/t15-/m0/s1. The molecule has 162 valence electrons. The summed E-state index contributed by atoms with van der Waals surface area (Å²) in [5.74, 6) is -2.72. The number of ether oxygens (including phenoxy) is 1. The summed E-state index contributed by atoms with van der Waals surface area (Å²) in [5, 5.41) is 3.80. The van der Waals surface area contributed by atoms with Gasteiger partial charge in [-0.2, -0.15) is 0 Å². The van der Waals surface area contributed by atoms with Crippen molar-refractivity contribution in [3.05, 3.63) is 63.6 Å². The number of hydrazine groups is 1. The number of carbonyl (C=O) groups is 4. The number of carbonyl (C=O) groups excluding carboxylic acids is 4. The number of nitrogens with zero attached hydrogens (tertiary/aromatic N) is 1. The van der Waals surface area contributed by atoms with Crippen molar-refractivity contribution >= 4 is 45.3 Å². The van der Waals surface area contributed by atoms with E-state index in [0.29, 0.717) is 11.3 Å². The summed E-state index contributed by atoms with van der Waals surface area (Å²) in [6, 6.07) is 12.4. The number of rotatable bonds is 6. The smallest absolute Gasteiger partial charge is 0.311 e. The average Bonchev–Trinajstić information content (AvgIpc) is 3.09. The molecule has 1 heterocycles. The van der Waals surface area contributed by atoms with Crippen molar-refractivity contribution in [2.45, 2.75) is 20.3 Å². The minimum absolute atomic E-state index is 0.0112. The van der Waals surface area contributed by atoms with E-state index in [0.717, 1.165) is 20.6 Å². The van der Waals surface area contributed by atoms with Crippen LogP contribution in [0.5, 0.6) is 0 Å². The van der Waals surface area contributed by atoms with Crippen molar-refractivity contribution in [3.63, 3.8) is 0 Å². The van der Waals surface area contributed by atoms with Crippen LogP contribution in [0.3, 0.4) is 0 Å². The van der Waals surface area contributed by atoms with Crippen LogP contribution in [0.15, 0.2) is 46.9 Å². The van der Waals surface area contributed by atoms with Gasteiger partial charge in [0.05, 0.1) is 12.5 Å². The van der Waals surface area contributed by atoms with Crippen LogP contribution in [0.1, 0.15) is 27.9 Å². The Balaban J connectivity index is 1.50. The van der Waals surface area contributed by atoms with Crippen LogP contribution in [0, 0.1) is 19.8 Å². The lowest BCUT2D eigenvalue weighted by atomic mass is 10.1. The molecule has 0 bridgehead atoms. The van der Waals surface area contributed by atoms with Crippen LogP contribution in [0.25, 0.3) is 0 Å². The van der Waals surface area contributed by atoms with E-state index in [2.05, 4.69) is 26.7 Å². The normalized spacial score (nSPS) is 15.5.